The number of nitro groups is 1. The number of nitrogens with one attached hydrogen (secondary N) is 1. The van der Waals surface area contributed by atoms with E-state index in [1.165, 1.54) is 12.3 Å². The molecule has 0 bridgehead atoms. The first-order valence-corrected chi connectivity index (χ1v) is 6.96. The van der Waals surface area contributed by atoms with Gasteiger partial charge in [-0.05, 0) is 40.5 Å². The SMILES string of the molecule is CC(Nc1ncc(Br)cc1[N+](=O)[O-])c1ccc(Cl)cc1. The monoisotopic (exact) mass is 355 g/mol. The number of halogens is 2. The zero-order valence-corrected chi connectivity index (χ0v) is 12.9. The lowest BCUT2D eigenvalue weighted by Crippen LogP contribution is -2.09. The van der Waals surface area contributed by atoms with E-state index in [0.29, 0.717) is 9.50 Å². The number of nitrogens with zero attached hydrogens (tertiary/aromatic N) is 2. The van der Waals surface area contributed by atoms with Gasteiger partial charge in [-0.2, -0.15) is 0 Å². The summed E-state index contributed by atoms with van der Waals surface area (Å²) >= 11 is 9.01. The molecule has 2 aromatic rings. The molecule has 0 saturated heterocycles. The topological polar surface area (TPSA) is 68.1 Å². The van der Waals surface area contributed by atoms with Crippen LogP contribution in [0.3, 0.4) is 0 Å². The summed E-state index contributed by atoms with van der Waals surface area (Å²) in [5, 5.41) is 14.7. The Kier molecular flexibility index (Phi) is 4.57. The molecule has 1 aromatic heterocycles. The number of hydrogen-bond acceptors (Lipinski definition) is 4. The molecular weight excluding hydrogens is 346 g/mol. The summed E-state index contributed by atoms with van der Waals surface area (Å²) in [5.41, 5.74) is 0.897. The standard InChI is InChI=1S/C13H11BrClN3O2/c1-8(9-2-4-11(15)5-3-9)17-13-12(18(19)20)6-10(14)7-16-13/h2-8H,1H3,(H,16,17). The van der Waals surface area contributed by atoms with Gasteiger partial charge < -0.3 is 5.32 Å². The van der Waals surface area contributed by atoms with E-state index < -0.39 is 4.92 Å². The molecule has 7 heteroatoms. The van der Waals surface area contributed by atoms with Crippen LogP contribution in [0.15, 0.2) is 41.0 Å². The molecule has 1 heterocycles. The van der Waals surface area contributed by atoms with Gasteiger partial charge in [-0.1, -0.05) is 23.7 Å². The van der Waals surface area contributed by atoms with Crippen LogP contribution in [0.5, 0.6) is 0 Å². The van der Waals surface area contributed by atoms with E-state index in [1.807, 2.05) is 19.1 Å². The summed E-state index contributed by atoms with van der Waals surface area (Å²) in [6.45, 7) is 1.90. The maximum atomic E-state index is 11.0. The van der Waals surface area contributed by atoms with Gasteiger partial charge in [0.25, 0.3) is 0 Å². The van der Waals surface area contributed by atoms with E-state index in [1.54, 1.807) is 12.1 Å². The van der Waals surface area contributed by atoms with Gasteiger partial charge in [0.15, 0.2) is 0 Å². The normalized spacial score (nSPS) is 11.9. The Hall–Kier alpha value is -1.66. The highest BCUT2D eigenvalue weighted by atomic mass is 79.9. The van der Waals surface area contributed by atoms with Crippen molar-refractivity contribution in [3.63, 3.8) is 0 Å². The maximum Gasteiger partial charge on any atom is 0.312 e. The molecule has 1 N–H and O–H groups in total. The first kappa shape index (κ1) is 14.7. The first-order chi connectivity index (χ1) is 9.47. The third-order valence-electron chi connectivity index (χ3n) is 2.75. The molecule has 0 radical (unpaired) electrons. The van der Waals surface area contributed by atoms with Crippen LogP contribution < -0.4 is 5.32 Å². The van der Waals surface area contributed by atoms with Crippen molar-refractivity contribution in [3.05, 3.63) is 61.7 Å². The predicted octanol–water partition coefficient (Wildman–Crippen LogP) is 4.58. The molecule has 0 aliphatic rings. The number of pyridine rings is 1. The Labute approximate surface area is 129 Å². The Balaban J connectivity index is 2.25. The van der Waals surface area contributed by atoms with Crippen molar-refractivity contribution in [2.24, 2.45) is 0 Å². The zero-order valence-electron chi connectivity index (χ0n) is 10.5. The van der Waals surface area contributed by atoms with Gasteiger partial charge >= 0.3 is 5.69 Å². The molecule has 1 unspecified atom stereocenters. The number of aromatic nitrogens is 1. The first-order valence-electron chi connectivity index (χ1n) is 5.79. The second-order valence-electron chi connectivity index (χ2n) is 4.20. The lowest BCUT2D eigenvalue weighted by molar-refractivity contribution is -0.384. The number of anilines is 1. The van der Waals surface area contributed by atoms with Gasteiger partial charge in [-0.15, -0.1) is 0 Å². The van der Waals surface area contributed by atoms with E-state index in [-0.39, 0.29) is 17.5 Å². The molecular formula is C13H11BrClN3O2. The van der Waals surface area contributed by atoms with Gasteiger partial charge in [-0.3, -0.25) is 10.1 Å². The molecule has 0 amide bonds. The Morgan fingerprint density at radius 1 is 1.40 bits per heavy atom. The van der Waals surface area contributed by atoms with E-state index in [4.69, 9.17) is 11.6 Å². The van der Waals surface area contributed by atoms with Crippen LogP contribution >= 0.6 is 27.5 Å². The van der Waals surface area contributed by atoms with Crippen molar-refractivity contribution < 1.29 is 4.92 Å². The summed E-state index contributed by atoms with van der Waals surface area (Å²) in [6, 6.07) is 8.58. The maximum absolute atomic E-state index is 11.0. The summed E-state index contributed by atoms with van der Waals surface area (Å²) < 4.78 is 0.564. The molecule has 0 aliphatic carbocycles. The van der Waals surface area contributed by atoms with Crippen molar-refractivity contribution in [1.82, 2.24) is 4.98 Å². The second kappa shape index (κ2) is 6.19. The van der Waals surface area contributed by atoms with Crippen LogP contribution in [0.4, 0.5) is 11.5 Å². The quantitative estimate of drug-likeness (QED) is 0.643. The molecule has 2 rings (SSSR count). The van der Waals surface area contributed by atoms with Crippen molar-refractivity contribution >= 4 is 39.0 Å². The van der Waals surface area contributed by atoms with Crippen LogP contribution in [0, 0.1) is 10.1 Å². The molecule has 104 valence electrons. The Morgan fingerprint density at radius 3 is 2.65 bits per heavy atom. The minimum absolute atomic E-state index is 0.0693. The number of rotatable bonds is 4. The fourth-order valence-corrected chi connectivity index (χ4v) is 2.16. The van der Waals surface area contributed by atoms with Gasteiger partial charge in [-0.25, -0.2) is 4.98 Å². The van der Waals surface area contributed by atoms with Gasteiger partial charge in [0.05, 0.1) is 11.0 Å². The molecule has 1 atom stereocenters. The average Bonchev–Trinajstić information content (AvgIpc) is 2.41. The summed E-state index contributed by atoms with van der Waals surface area (Å²) in [7, 11) is 0. The molecule has 0 aliphatic heterocycles. The fraction of sp³-hybridized carbons (Fsp3) is 0.154. The molecule has 0 fully saturated rings. The van der Waals surface area contributed by atoms with E-state index in [9.17, 15) is 10.1 Å². The minimum Gasteiger partial charge on any atom is -0.358 e. The van der Waals surface area contributed by atoms with E-state index in [0.717, 1.165) is 5.56 Å². The highest BCUT2D eigenvalue weighted by Gasteiger charge is 2.18. The van der Waals surface area contributed by atoms with Gasteiger partial charge in [0.2, 0.25) is 5.82 Å². The lowest BCUT2D eigenvalue weighted by Gasteiger charge is -2.15. The molecule has 0 spiro atoms. The van der Waals surface area contributed by atoms with E-state index >= 15 is 0 Å². The van der Waals surface area contributed by atoms with Crippen LogP contribution in [-0.2, 0) is 0 Å². The summed E-state index contributed by atoms with van der Waals surface area (Å²) in [4.78, 5) is 14.6. The molecule has 1 aromatic carbocycles. The smallest absolute Gasteiger partial charge is 0.312 e. The Morgan fingerprint density at radius 2 is 2.05 bits per heavy atom. The summed E-state index contributed by atoms with van der Waals surface area (Å²) in [6.07, 6.45) is 1.52. The zero-order chi connectivity index (χ0) is 14.7. The fourth-order valence-electron chi connectivity index (χ4n) is 1.72. The van der Waals surface area contributed by atoms with Crippen LogP contribution in [0.1, 0.15) is 18.5 Å². The van der Waals surface area contributed by atoms with Crippen LogP contribution in [-0.4, -0.2) is 9.91 Å². The number of benzene rings is 1. The average molecular weight is 357 g/mol. The van der Waals surface area contributed by atoms with Crippen LogP contribution in [0.25, 0.3) is 0 Å². The van der Waals surface area contributed by atoms with Crippen LogP contribution in [0.2, 0.25) is 5.02 Å². The van der Waals surface area contributed by atoms with Gasteiger partial charge in [0.1, 0.15) is 0 Å². The van der Waals surface area contributed by atoms with Crippen molar-refractivity contribution in [1.29, 1.82) is 0 Å². The minimum atomic E-state index is -0.464. The number of hydrogen-bond donors (Lipinski definition) is 1. The largest absolute Gasteiger partial charge is 0.358 e. The lowest BCUT2D eigenvalue weighted by atomic mass is 10.1. The van der Waals surface area contributed by atoms with Crippen molar-refractivity contribution in [2.75, 3.05) is 5.32 Å². The van der Waals surface area contributed by atoms with E-state index in [2.05, 4.69) is 26.2 Å². The third kappa shape index (κ3) is 3.46. The highest BCUT2D eigenvalue weighted by molar-refractivity contribution is 9.10. The summed E-state index contributed by atoms with van der Waals surface area (Å²) in [5.74, 6) is 0.237. The van der Waals surface area contributed by atoms with Gasteiger partial charge in [0, 0.05) is 21.8 Å². The molecule has 20 heavy (non-hydrogen) atoms. The highest BCUT2D eigenvalue weighted by Crippen LogP contribution is 2.28. The third-order valence-corrected chi connectivity index (χ3v) is 3.44. The molecule has 0 saturated carbocycles. The van der Waals surface area contributed by atoms with Crippen molar-refractivity contribution in [3.8, 4) is 0 Å². The Bertz CT molecular complexity index is 634. The van der Waals surface area contributed by atoms with Crippen molar-refractivity contribution in [2.45, 2.75) is 13.0 Å². The second-order valence-corrected chi connectivity index (χ2v) is 5.55. The predicted molar refractivity (Wildman–Crippen MR) is 82.1 cm³/mol. The molecule has 5 nitrogen and oxygen atoms in total.